The van der Waals surface area contributed by atoms with Crippen LogP contribution in [0.15, 0.2) is 30.5 Å². The van der Waals surface area contributed by atoms with E-state index in [0.717, 1.165) is 73.9 Å². The molecule has 2 aromatic rings. The van der Waals surface area contributed by atoms with Gasteiger partial charge in [-0.2, -0.15) is 5.26 Å². The lowest BCUT2D eigenvalue weighted by Gasteiger charge is -2.39. The monoisotopic (exact) mass is 422 g/mol. The van der Waals surface area contributed by atoms with E-state index in [2.05, 4.69) is 32.2 Å². The zero-order valence-corrected chi connectivity index (χ0v) is 17.8. The van der Waals surface area contributed by atoms with E-state index in [4.69, 9.17) is 0 Å². The van der Waals surface area contributed by atoms with Gasteiger partial charge in [-0.05, 0) is 12.5 Å². The number of thioether (sulfide) groups is 1. The largest absolute Gasteiger partial charge is 0.367 e. The Morgan fingerprint density at radius 2 is 2.03 bits per heavy atom. The first kappa shape index (κ1) is 19.6. The second kappa shape index (κ2) is 8.42. The predicted octanol–water partition coefficient (Wildman–Crippen LogP) is 1.49. The lowest BCUT2D eigenvalue weighted by molar-refractivity contribution is -0.131. The van der Waals surface area contributed by atoms with Gasteiger partial charge < -0.3 is 15.1 Å². The SMILES string of the molecule is N#Cc1cnc2ccccc2c1N1CCN([C@@H]2CN[C@H](C(=O)N3CCSC3)C2)CC1. The average Bonchev–Trinajstić information content (AvgIpc) is 3.51. The zero-order chi connectivity index (χ0) is 20.5. The highest BCUT2D eigenvalue weighted by Crippen LogP contribution is 2.30. The molecule has 4 heterocycles. The number of benzene rings is 1. The Morgan fingerprint density at radius 3 is 2.80 bits per heavy atom. The molecule has 30 heavy (non-hydrogen) atoms. The van der Waals surface area contributed by atoms with Crippen LogP contribution in [0.2, 0.25) is 0 Å². The number of aromatic nitrogens is 1. The molecule has 156 valence electrons. The van der Waals surface area contributed by atoms with E-state index in [0.29, 0.717) is 11.6 Å². The van der Waals surface area contributed by atoms with Crippen LogP contribution in [0.5, 0.6) is 0 Å². The van der Waals surface area contributed by atoms with Crippen molar-refractivity contribution in [3.05, 3.63) is 36.0 Å². The normalized spacial score (nSPS) is 25.0. The Balaban J connectivity index is 1.25. The molecule has 1 amide bonds. The van der Waals surface area contributed by atoms with Crippen LogP contribution in [0, 0.1) is 11.3 Å². The minimum Gasteiger partial charge on any atom is -0.367 e. The van der Waals surface area contributed by atoms with Crippen LogP contribution >= 0.6 is 11.8 Å². The maximum Gasteiger partial charge on any atom is 0.240 e. The van der Waals surface area contributed by atoms with E-state index >= 15 is 0 Å². The summed E-state index contributed by atoms with van der Waals surface area (Å²) in [5.74, 6) is 2.16. The van der Waals surface area contributed by atoms with Gasteiger partial charge in [-0.25, -0.2) is 0 Å². The summed E-state index contributed by atoms with van der Waals surface area (Å²) in [7, 11) is 0. The first-order chi connectivity index (χ1) is 14.7. The smallest absolute Gasteiger partial charge is 0.240 e. The molecular formula is C22H26N6OS. The molecule has 3 aliphatic rings. The van der Waals surface area contributed by atoms with Gasteiger partial charge in [0.1, 0.15) is 6.07 Å². The van der Waals surface area contributed by atoms with Crippen molar-refractivity contribution in [2.75, 3.05) is 55.8 Å². The van der Waals surface area contributed by atoms with Crippen molar-refractivity contribution in [1.29, 1.82) is 5.26 Å². The fourth-order valence-electron chi connectivity index (χ4n) is 4.85. The number of nitriles is 1. The van der Waals surface area contributed by atoms with Crippen molar-refractivity contribution < 1.29 is 4.79 Å². The number of para-hydroxylation sites is 1. The van der Waals surface area contributed by atoms with Gasteiger partial charge in [-0.15, -0.1) is 11.8 Å². The van der Waals surface area contributed by atoms with Crippen LogP contribution in [0.1, 0.15) is 12.0 Å². The molecule has 0 unspecified atom stereocenters. The van der Waals surface area contributed by atoms with Crippen molar-refractivity contribution in [1.82, 2.24) is 20.1 Å². The van der Waals surface area contributed by atoms with Crippen molar-refractivity contribution in [3.8, 4) is 6.07 Å². The molecule has 0 aliphatic carbocycles. The molecule has 0 bridgehead atoms. The van der Waals surface area contributed by atoms with Gasteiger partial charge in [-0.3, -0.25) is 14.7 Å². The fraction of sp³-hybridized carbons (Fsp3) is 0.500. The molecule has 1 aromatic carbocycles. The Bertz CT molecular complexity index is 977. The van der Waals surface area contributed by atoms with Gasteiger partial charge in [0.2, 0.25) is 5.91 Å². The standard InChI is InChI=1S/C22H26N6OS/c23-12-16-13-24-19-4-2-1-3-18(19)21(16)27-7-5-26(6-8-27)17-11-20(25-14-17)22(29)28-9-10-30-15-28/h1-4,13,17,20,25H,5-11,14-15H2/t17-,20-/m0/s1. The summed E-state index contributed by atoms with van der Waals surface area (Å²) in [5.41, 5.74) is 2.57. The molecule has 2 atom stereocenters. The number of amides is 1. The number of rotatable bonds is 3. The number of anilines is 1. The zero-order valence-electron chi connectivity index (χ0n) is 17.0. The average molecular weight is 423 g/mol. The molecule has 8 heteroatoms. The summed E-state index contributed by atoms with van der Waals surface area (Å²) in [6.07, 6.45) is 2.58. The van der Waals surface area contributed by atoms with Crippen molar-refractivity contribution in [3.63, 3.8) is 0 Å². The molecule has 3 aliphatic heterocycles. The second-order valence-electron chi connectivity index (χ2n) is 8.16. The number of carbonyl (C=O) groups excluding carboxylic acids is 1. The van der Waals surface area contributed by atoms with E-state index in [1.165, 1.54) is 0 Å². The summed E-state index contributed by atoms with van der Waals surface area (Å²) in [6, 6.07) is 10.7. The third kappa shape index (κ3) is 3.62. The van der Waals surface area contributed by atoms with Gasteiger partial charge in [0.25, 0.3) is 0 Å². The van der Waals surface area contributed by atoms with Gasteiger partial charge in [0.15, 0.2) is 0 Å². The number of nitrogens with zero attached hydrogens (tertiary/aromatic N) is 5. The first-order valence-corrected chi connectivity index (χ1v) is 11.8. The van der Waals surface area contributed by atoms with Crippen LogP contribution in [0.25, 0.3) is 10.9 Å². The molecule has 3 saturated heterocycles. The number of pyridine rings is 1. The maximum atomic E-state index is 12.7. The van der Waals surface area contributed by atoms with Gasteiger partial charge in [0.05, 0.1) is 28.7 Å². The summed E-state index contributed by atoms with van der Waals surface area (Å²) in [4.78, 5) is 23.9. The minimum absolute atomic E-state index is 0.0407. The Morgan fingerprint density at radius 1 is 1.20 bits per heavy atom. The number of hydrogen-bond donors (Lipinski definition) is 1. The number of hydrogen-bond acceptors (Lipinski definition) is 7. The summed E-state index contributed by atoms with van der Waals surface area (Å²) >= 11 is 1.83. The van der Waals surface area contributed by atoms with Crippen molar-refractivity contribution in [2.24, 2.45) is 0 Å². The van der Waals surface area contributed by atoms with Crippen molar-refractivity contribution in [2.45, 2.75) is 18.5 Å². The Kier molecular flexibility index (Phi) is 5.50. The molecule has 0 spiro atoms. The summed E-state index contributed by atoms with van der Waals surface area (Å²) in [6.45, 7) is 5.38. The molecule has 1 aromatic heterocycles. The second-order valence-corrected chi connectivity index (χ2v) is 9.24. The Labute approximate surface area is 181 Å². The summed E-state index contributed by atoms with van der Waals surface area (Å²) in [5, 5.41) is 14.1. The summed E-state index contributed by atoms with van der Waals surface area (Å²) < 4.78 is 0. The number of piperazine rings is 1. The molecule has 1 N–H and O–H groups in total. The third-order valence-corrected chi connectivity index (χ3v) is 7.45. The van der Waals surface area contributed by atoms with E-state index in [-0.39, 0.29) is 11.9 Å². The quantitative estimate of drug-likeness (QED) is 0.803. The first-order valence-electron chi connectivity index (χ1n) is 10.6. The molecule has 3 fully saturated rings. The molecular weight excluding hydrogens is 396 g/mol. The highest BCUT2D eigenvalue weighted by atomic mass is 32.2. The fourth-order valence-corrected chi connectivity index (χ4v) is 5.81. The molecule has 5 rings (SSSR count). The lowest BCUT2D eigenvalue weighted by atomic mass is 10.1. The van der Waals surface area contributed by atoms with Gasteiger partial charge in [0, 0.05) is 62.6 Å². The van der Waals surface area contributed by atoms with Crippen LogP contribution in [-0.4, -0.2) is 83.7 Å². The van der Waals surface area contributed by atoms with Crippen LogP contribution in [0.3, 0.4) is 0 Å². The highest BCUT2D eigenvalue weighted by molar-refractivity contribution is 7.99. The predicted molar refractivity (Wildman–Crippen MR) is 119 cm³/mol. The number of fused-ring (bicyclic) bond motifs is 1. The number of nitrogens with one attached hydrogen (secondary N) is 1. The molecule has 0 radical (unpaired) electrons. The Hall–Kier alpha value is -2.34. The lowest BCUT2D eigenvalue weighted by Crippen LogP contribution is -2.51. The minimum atomic E-state index is -0.0407. The van der Waals surface area contributed by atoms with E-state index < -0.39 is 0 Å². The third-order valence-electron chi connectivity index (χ3n) is 6.48. The van der Waals surface area contributed by atoms with Crippen LogP contribution < -0.4 is 10.2 Å². The maximum absolute atomic E-state index is 12.7. The highest BCUT2D eigenvalue weighted by Gasteiger charge is 2.36. The van der Waals surface area contributed by atoms with E-state index in [1.807, 2.05) is 34.9 Å². The van der Waals surface area contributed by atoms with E-state index in [9.17, 15) is 10.1 Å². The van der Waals surface area contributed by atoms with Crippen LogP contribution in [0.4, 0.5) is 5.69 Å². The topological polar surface area (TPSA) is 75.5 Å². The van der Waals surface area contributed by atoms with Crippen molar-refractivity contribution >= 4 is 34.3 Å². The molecule has 7 nitrogen and oxygen atoms in total. The molecule has 0 saturated carbocycles. The van der Waals surface area contributed by atoms with Gasteiger partial charge >= 0.3 is 0 Å². The van der Waals surface area contributed by atoms with Crippen LogP contribution in [-0.2, 0) is 4.79 Å². The van der Waals surface area contributed by atoms with E-state index in [1.54, 1.807) is 6.20 Å². The number of carbonyl (C=O) groups is 1. The van der Waals surface area contributed by atoms with Gasteiger partial charge in [-0.1, -0.05) is 18.2 Å².